The highest BCUT2D eigenvalue weighted by atomic mass is 35.5. The van der Waals surface area contributed by atoms with Crippen molar-refractivity contribution in [3.63, 3.8) is 0 Å². The summed E-state index contributed by atoms with van der Waals surface area (Å²) in [6.45, 7) is 9.62. The molecule has 0 aromatic carbocycles. The van der Waals surface area contributed by atoms with E-state index < -0.39 is 0 Å². The maximum Gasteiger partial charge on any atom is 0.225 e. The average molecular weight is 379 g/mol. The maximum absolute atomic E-state index is 12.8. The second-order valence-corrected chi connectivity index (χ2v) is 7.10. The molecule has 7 nitrogen and oxygen atoms in total. The lowest BCUT2D eigenvalue weighted by Gasteiger charge is -2.39. The lowest BCUT2D eigenvalue weighted by Crippen LogP contribution is -2.53. The summed E-state index contributed by atoms with van der Waals surface area (Å²) in [5, 5.41) is 8.82. The number of piperidine rings is 1. The first-order valence-electron chi connectivity index (χ1n) is 9.08. The predicted octanol–water partition coefficient (Wildman–Crippen LogP) is 1.54. The molecule has 3 heterocycles. The van der Waals surface area contributed by atoms with E-state index in [9.17, 15) is 4.79 Å². The molecule has 0 unspecified atom stereocenters. The monoisotopic (exact) mass is 378 g/mol. The fourth-order valence-electron chi connectivity index (χ4n) is 3.59. The molecule has 0 saturated carbocycles. The van der Waals surface area contributed by atoms with Crippen molar-refractivity contribution in [2.45, 2.75) is 32.7 Å². The zero-order valence-electron chi connectivity index (χ0n) is 15.5. The van der Waals surface area contributed by atoms with Gasteiger partial charge in [0.2, 0.25) is 11.9 Å². The zero-order valence-corrected chi connectivity index (χ0v) is 16.3. The summed E-state index contributed by atoms with van der Waals surface area (Å²) in [6, 6.07) is 2.58. The van der Waals surface area contributed by atoms with Crippen LogP contribution in [0.15, 0.2) is 12.4 Å². The van der Waals surface area contributed by atoms with Crippen LogP contribution in [-0.2, 0) is 4.79 Å². The van der Waals surface area contributed by atoms with Gasteiger partial charge in [-0.3, -0.25) is 9.69 Å². The van der Waals surface area contributed by atoms with Gasteiger partial charge in [-0.1, -0.05) is 0 Å². The summed E-state index contributed by atoms with van der Waals surface area (Å²) in [7, 11) is 0. The molecule has 1 amide bonds. The van der Waals surface area contributed by atoms with Crippen LogP contribution in [0.25, 0.3) is 0 Å². The number of carbonyl (C=O) groups is 1. The number of anilines is 1. The van der Waals surface area contributed by atoms with Crippen LogP contribution in [0.2, 0.25) is 0 Å². The van der Waals surface area contributed by atoms with Crippen LogP contribution >= 0.6 is 12.4 Å². The molecule has 0 atom stereocenters. The third-order valence-corrected chi connectivity index (χ3v) is 5.25. The quantitative estimate of drug-likeness (QED) is 0.794. The summed E-state index contributed by atoms with van der Waals surface area (Å²) in [4.78, 5) is 27.8. The number of rotatable bonds is 3. The van der Waals surface area contributed by atoms with E-state index in [-0.39, 0.29) is 18.3 Å². The molecule has 26 heavy (non-hydrogen) atoms. The molecule has 0 aliphatic carbocycles. The molecule has 1 aromatic heterocycles. The Kier molecular flexibility index (Phi) is 7.18. The van der Waals surface area contributed by atoms with Gasteiger partial charge >= 0.3 is 0 Å². The minimum Gasteiger partial charge on any atom is -0.341 e. The van der Waals surface area contributed by atoms with Crippen LogP contribution in [0.4, 0.5) is 5.95 Å². The molecule has 0 bridgehead atoms. The van der Waals surface area contributed by atoms with Crippen molar-refractivity contribution in [2.24, 2.45) is 5.92 Å². The van der Waals surface area contributed by atoms with Crippen LogP contribution in [0.3, 0.4) is 0 Å². The third kappa shape index (κ3) is 4.63. The van der Waals surface area contributed by atoms with Crippen molar-refractivity contribution < 1.29 is 4.79 Å². The lowest BCUT2D eigenvalue weighted by atomic mass is 9.95. The number of aromatic nitrogens is 2. The number of halogens is 1. The van der Waals surface area contributed by atoms with E-state index >= 15 is 0 Å². The van der Waals surface area contributed by atoms with Gasteiger partial charge in [-0.25, -0.2) is 9.97 Å². The molecular formula is C18H27ClN6O. The Morgan fingerprint density at radius 3 is 2.19 bits per heavy atom. The van der Waals surface area contributed by atoms with Crippen molar-refractivity contribution in [3.05, 3.63) is 18.0 Å². The molecule has 0 radical (unpaired) electrons. The molecule has 2 aliphatic heterocycles. The second-order valence-electron chi connectivity index (χ2n) is 7.10. The normalized spacial score (nSPS) is 19.2. The number of nitrogens with zero attached hydrogens (tertiary/aromatic N) is 6. The van der Waals surface area contributed by atoms with Crippen LogP contribution in [0.1, 0.15) is 32.3 Å². The van der Waals surface area contributed by atoms with E-state index in [1.54, 1.807) is 12.4 Å². The van der Waals surface area contributed by atoms with Crippen molar-refractivity contribution in [2.75, 3.05) is 44.2 Å². The molecule has 2 saturated heterocycles. The maximum atomic E-state index is 12.8. The number of hydrogen-bond acceptors (Lipinski definition) is 6. The van der Waals surface area contributed by atoms with E-state index in [0.717, 1.165) is 52.1 Å². The van der Waals surface area contributed by atoms with Crippen molar-refractivity contribution in [3.8, 4) is 6.07 Å². The Labute approximate surface area is 161 Å². The Bertz CT molecular complexity index is 628. The molecule has 2 aliphatic rings. The average Bonchev–Trinajstić information content (AvgIpc) is 2.67. The highest BCUT2D eigenvalue weighted by Crippen LogP contribution is 2.23. The Balaban J connectivity index is 0.00000243. The van der Waals surface area contributed by atoms with E-state index in [0.29, 0.717) is 23.5 Å². The number of nitriles is 1. The van der Waals surface area contributed by atoms with Gasteiger partial charge in [0.05, 0.1) is 18.0 Å². The fraction of sp³-hybridized carbons (Fsp3) is 0.667. The van der Waals surface area contributed by atoms with Gasteiger partial charge in [0.25, 0.3) is 0 Å². The highest BCUT2D eigenvalue weighted by molar-refractivity contribution is 5.85. The molecule has 0 N–H and O–H groups in total. The first kappa shape index (κ1) is 20.4. The number of hydrogen-bond donors (Lipinski definition) is 0. The standard InChI is InChI=1S/C18H26N6O.ClH/c1-14(2)22-7-9-23(10-8-22)17(25)16-3-5-24(6-4-16)18-20-12-15(11-19)13-21-18;/h12-14,16H,3-10H2,1-2H3;1H. The fourth-order valence-corrected chi connectivity index (χ4v) is 3.59. The van der Waals surface area contributed by atoms with Crippen LogP contribution in [0, 0.1) is 17.2 Å². The Morgan fingerprint density at radius 2 is 1.69 bits per heavy atom. The van der Waals surface area contributed by atoms with Crippen LogP contribution in [-0.4, -0.2) is 71.0 Å². The van der Waals surface area contributed by atoms with Crippen molar-refractivity contribution >= 4 is 24.3 Å². The van der Waals surface area contributed by atoms with E-state index in [2.05, 4.69) is 33.6 Å². The minimum absolute atomic E-state index is 0. The number of amides is 1. The van der Waals surface area contributed by atoms with Crippen molar-refractivity contribution in [1.29, 1.82) is 5.26 Å². The topological polar surface area (TPSA) is 76.4 Å². The predicted molar refractivity (Wildman–Crippen MR) is 102 cm³/mol. The molecule has 142 valence electrons. The molecule has 2 fully saturated rings. The highest BCUT2D eigenvalue weighted by Gasteiger charge is 2.31. The first-order valence-corrected chi connectivity index (χ1v) is 9.08. The van der Waals surface area contributed by atoms with Gasteiger partial charge in [-0.2, -0.15) is 5.26 Å². The van der Waals surface area contributed by atoms with Crippen LogP contribution in [0.5, 0.6) is 0 Å². The smallest absolute Gasteiger partial charge is 0.225 e. The zero-order chi connectivity index (χ0) is 17.8. The molecule has 8 heteroatoms. The van der Waals surface area contributed by atoms with E-state index in [1.165, 1.54) is 0 Å². The molecule has 0 spiro atoms. The summed E-state index contributed by atoms with van der Waals surface area (Å²) >= 11 is 0. The van der Waals surface area contributed by atoms with E-state index in [1.807, 2.05) is 11.0 Å². The van der Waals surface area contributed by atoms with E-state index in [4.69, 9.17) is 5.26 Å². The summed E-state index contributed by atoms with van der Waals surface area (Å²) in [6.07, 6.45) is 4.78. The lowest BCUT2D eigenvalue weighted by molar-refractivity contribution is -0.138. The Morgan fingerprint density at radius 1 is 1.12 bits per heavy atom. The number of carbonyl (C=O) groups excluding carboxylic acids is 1. The first-order chi connectivity index (χ1) is 12.1. The Hall–Kier alpha value is -1.91. The van der Waals surface area contributed by atoms with Crippen molar-refractivity contribution in [1.82, 2.24) is 19.8 Å². The summed E-state index contributed by atoms with van der Waals surface area (Å²) in [5.74, 6) is 1.07. The molecular weight excluding hydrogens is 352 g/mol. The van der Waals surface area contributed by atoms with Gasteiger partial charge in [-0.15, -0.1) is 12.4 Å². The molecule has 3 rings (SSSR count). The SMILES string of the molecule is CC(C)N1CCN(C(=O)C2CCN(c3ncc(C#N)cn3)CC2)CC1.Cl. The van der Waals surface area contributed by atoms with Gasteiger partial charge in [-0.05, 0) is 26.7 Å². The van der Waals surface area contributed by atoms with Crippen LogP contribution < -0.4 is 4.90 Å². The van der Waals surface area contributed by atoms with Gasteiger partial charge in [0, 0.05) is 51.2 Å². The second kappa shape index (κ2) is 9.15. The van der Waals surface area contributed by atoms with Gasteiger partial charge in [0.15, 0.2) is 0 Å². The van der Waals surface area contributed by atoms with Gasteiger partial charge < -0.3 is 9.80 Å². The van der Waals surface area contributed by atoms with Gasteiger partial charge in [0.1, 0.15) is 6.07 Å². The number of piperazine rings is 1. The summed E-state index contributed by atoms with van der Waals surface area (Å²) < 4.78 is 0. The minimum atomic E-state index is 0. The molecule has 1 aromatic rings. The largest absolute Gasteiger partial charge is 0.341 e. The third-order valence-electron chi connectivity index (χ3n) is 5.25. The summed E-state index contributed by atoms with van der Waals surface area (Å²) in [5.41, 5.74) is 0.467.